The van der Waals surface area contributed by atoms with Gasteiger partial charge in [0.1, 0.15) is 11.9 Å². The molecular formula is C23H26F3N5O. The van der Waals surface area contributed by atoms with E-state index in [1.807, 2.05) is 6.20 Å². The highest BCUT2D eigenvalue weighted by Crippen LogP contribution is 2.39. The highest BCUT2D eigenvalue weighted by Gasteiger charge is 2.31. The molecule has 170 valence electrons. The Morgan fingerprint density at radius 3 is 2.66 bits per heavy atom. The van der Waals surface area contributed by atoms with Crippen molar-refractivity contribution in [3.05, 3.63) is 47.2 Å². The zero-order valence-corrected chi connectivity index (χ0v) is 17.9. The van der Waals surface area contributed by atoms with Gasteiger partial charge in [-0.25, -0.2) is 0 Å². The maximum absolute atomic E-state index is 13.3. The average molecular weight is 445 g/mol. The van der Waals surface area contributed by atoms with Crippen molar-refractivity contribution in [2.45, 2.75) is 57.2 Å². The van der Waals surface area contributed by atoms with E-state index in [9.17, 15) is 13.2 Å². The summed E-state index contributed by atoms with van der Waals surface area (Å²) in [4.78, 5) is 4.74. The van der Waals surface area contributed by atoms with Crippen LogP contribution in [0.2, 0.25) is 0 Å². The van der Waals surface area contributed by atoms with Gasteiger partial charge in [-0.1, -0.05) is 6.42 Å². The number of benzene rings is 1. The molecule has 3 aromatic rings. The Labute approximate surface area is 184 Å². The van der Waals surface area contributed by atoms with Gasteiger partial charge in [-0.2, -0.15) is 27.8 Å². The maximum Gasteiger partial charge on any atom is 0.416 e. The van der Waals surface area contributed by atoms with E-state index < -0.39 is 11.7 Å². The smallest absolute Gasteiger partial charge is 0.416 e. The Hall–Kier alpha value is -2.81. The molecule has 0 amide bonds. The lowest BCUT2D eigenvalue weighted by atomic mass is 9.81. The number of ether oxygens (including phenoxy) is 1. The number of aromatic nitrogens is 3. The fraction of sp³-hybridized carbons (Fsp3) is 0.478. The molecule has 1 saturated carbocycles. The summed E-state index contributed by atoms with van der Waals surface area (Å²) in [5.41, 5.74) is 1.93. The topological polar surface area (TPSA) is 63.5 Å². The number of alkyl halides is 3. The SMILES string of the molecule is Cc1cc(Nc2cc(OC3CCCNC3)nc3c(C4CCC4)cnn23)cc(C(F)(F)F)c1. The third-order valence-electron chi connectivity index (χ3n) is 6.24. The van der Waals surface area contributed by atoms with Crippen LogP contribution in [0.4, 0.5) is 24.7 Å². The van der Waals surface area contributed by atoms with Gasteiger partial charge in [0.15, 0.2) is 5.65 Å². The highest BCUT2D eigenvalue weighted by molar-refractivity contribution is 5.64. The molecule has 0 spiro atoms. The van der Waals surface area contributed by atoms with E-state index in [-0.39, 0.29) is 6.10 Å². The molecule has 0 radical (unpaired) electrons. The summed E-state index contributed by atoms with van der Waals surface area (Å²) in [5, 5.41) is 11.0. The van der Waals surface area contributed by atoms with Gasteiger partial charge >= 0.3 is 6.18 Å². The predicted molar refractivity (Wildman–Crippen MR) is 116 cm³/mol. The van der Waals surface area contributed by atoms with Crippen molar-refractivity contribution >= 4 is 17.2 Å². The molecule has 1 aliphatic carbocycles. The van der Waals surface area contributed by atoms with Crippen molar-refractivity contribution in [1.82, 2.24) is 19.9 Å². The molecule has 1 unspecified atom stereocenters. The van der Waals surface area contributed by atoms with Gasteiger partial charge in [-0.05, 0) is 68.8 Å². The van der Waals surface area contributed by atoms with Crippen LogP contribution in [0.3, 0.4) is 0 Å². The number of rotatable bonds is 5. The number of nitrogens with zero attached hydrogens (tertiary/aromatic N) is 3. The Kier molecular flexibility index (Phi) is 5.44. The minimum Gasteiger partial charge on any atom is -0.473 e. The molecule has 0 bridgehead atoms. The summed E-state index contributed by atoms with van der Waals surface area (Å²) in [7, 11) is 0. The van der Waals surface area contributed by atoms with Crippen LogP contribution in [-0.2, 0) is 6.18 Å². The number of nitrogens with one attached hydrogen (secondary N) is 2. The van der Waals surface area contributed by atoms with Gasteiger partial charge in [-0.3, -0.25) is 0 Å². The van der Waals surface area contributed by atoms with E-state index in [0.29, 0.717) is 34.5 Å². The van der Waals surface area contributed by atoms with E-state index in [1.54, 1.807) is 23.6 Å². The fourth-order valence-electron chi connectivity index (χ4n) is 4.37. The van der Waals surface area contributed by atoms with Gasteiger partial charge in [0.05, 0.1) is 11.8 Å². The summed E-state index contributed by atoms with van der Waals surface area (Å²) in [6, 6.07) is 5.65. The molecule has 6 nitrogen and oxygen atoms in total. The molecular weight excluding hydrogens is 419 g/mol. The minimum absolute atomic E-state index is 0.0115. The van der Waals surface area contributed by atoms with Gasteiger partial charge in [0, 0.05) is 23.9 Å². The first-order chi connectivity index (χ1) is 15.4. The Morgan fingerprint density at radius 2 is 1.97 bits per heavy atom. The molecule has 32 heavy (non-hydrogen) atoms. The molecule has 1 aromatic carbocycles. The molecule has 1 atom stereocenters. The second kappa shape index (κ2) is 8.27. The number of hydrogen-bond acceptors (Lipinski definition) is 5. The summed E-state index contributed by atoms with van der Waals surface area (Å²) >= 11 is 0. The Balaban J connectivity index is 1.53. The van der Waals surface area contributed by atoms with E-state index >= 15 is 0 Å². The van der Waals surface area contributed by atoms with Crippen molar-refractivity contribution in [3.8, 4) is 5.88 Å². The molecule has 1 saturated heterocycles. The molecule has 1 aliphatic heterocycles. The number of halogens is 3. The van der Waals surface area contributed by atoms with Crippen LogP contribution in [0, 0.1) is 6.92 Å². The number of hydrogen-bond donors (Lipinski definition) is 2. The number of aryl methyl sites for hydroxylation is 1. The van der Waals surface area contributed by atoms with Crippen molar-refractivity contribution < 1.29 is 17.9 Å². The first kappa shape index (κ1) is 21.1. The van der Waals surface area contributed by atoms with Gasteiger partial charge in [0.2, 0.25) is 5.88 Å². The summed E-state index contributed by atoms with van der Waals surface area (Å²) in [5.74, 6) is 1.40. The zero-order valence-electron chi connectivity index (χ0n) is 17.9. The van der Waals surface area contributed by atoms with Crippen LogP contribution in [0.5, 0.6) is 5.88 Å². The Morgan fingerprint density at radius 1 is 1.12 bits per heavy atom. The summed E-state index contributed by atoms with van der Waals surface area (Å²) in [6.07, 6.45) is 2.75. The average Bonchev–Trinajstić information content (AvgIpc) is 3.10. The maximum atomic E-state index is 13.3. The normalized spacial score (nSPS) is 19.7. The summed E-state index contributed by atoms with van der Waals surface area (Å²) < 4.78 is 47.8. The van der Waals surface area contributed by atoms with E-state index in [1.165, 1.54) is 6.42 Å². The fourth-order valence-corrected chi connectivity index (χ4v) is 4.37. The Bertz CT molecular complexity index is 1120. The van der Waals surface area contributed by atoms with E-state index in [4.69, 9.17) is 9.72 Å². The molecule has 2 aliphatic rings. The third-order valence-corrected chi connectivity index (χ3v) is 6.24. The lowest BCUT2D eigenvalue weighted by Crippen LogP contribution is -2.37. The largest absolute Gasteiger partial charge is 0.473 e. The first-order valence-electron chi connectivity index (χ1n) is 11.1. The number of fused-ring (bicyclic) bond motifs is 1. The molecule has 5 rings (SSSR count). The lowest BCUT2D eigenvalue weighted by molar-refractivity contribution is -0.137. The van der Waals surface area contributed by atoms with Gasteiger partial charge < -0.3 is 15.4 Å². The van der Waals surface area contributed by atoms with Crippen molar-refractivity contribution in [1.29, 1.82) is 0 Å². The summed E-state index contributed by atoms with van der Waals surface area (Å²) in [6.45, 7) is 3.37. The van der Waals surface area contributed by atoms with Crippen LogP contribution < -0.4 is 15.4 Å². The van der Waals surface area contributed by atoms with Crippen molar-refractivity contribution in [2.24, 2.45) is 0 Å². The second-order valence-electron chi connectivity index (χ2n) is 8.74. The quantitative estimate of drug-likeness (QED) is 0.565. The molecule has 2 N–H and O–H groups in total. The predicted octanol–water partition coefficient (Wildman–Crippen LogP) is 5.20. The number of anilines is 2. The van der Waals surface area contributed by atoms with Gasteiger partial charge in [0.25, 0.3) is 0 Å². The lowest BCUT2D eigenvalue weighted by Gasteiger charge is -2.25. The zero-order chi connectivity index (χ0) is 22.3. The van der Waals surface area contributed by atoms with Crippen LogP contribution in [0.1, 0.15) is 54.7 Å². The molecule has 9 heteroatoms. The van der Waals surface area contributed by atoms with Crippen LogP contribution in [-0.4, -0.2) is 33.8 Å². The highest BCUT2D eigenvalue weighted by atomic mass is 19.4. The van der Waals surface area contributed by atoms with Crippen molar-refractivity contribution in [2.75, 3.05) is 18.4 Å². The number of piperidine rings is 1. The monoisotopic (exact) mass is 445 g/mol. The minimum atomic E-state index is -4.42. The van der Waals surface area contributed by atoms with Crippen LogP contribution in [0.15, 0.2) is 30.5 Å². The first-order valence-corrected chi connectivity index (χ1v) is 11.1. The van der Waals surface area contributed by atoms with Crippen LogP contribution >= 0.6 is 0 Å². The standard InChI is InChI=1S/C23H26F3N5O/c1-14-8-16(23(24,25)26)10-17(9-14)29-20-11-21(32-18-6-3-7-27-12-18)30-22-19(13-28-31(20)22)15-4-2-5-15/h8-11,13,15,18,27,29H,2-7,12H2,1H3. The van der Waals surface area contributed by atoms with E-state index in [2.05, 4.69) is 15.7 Å². The van der Waals surface area contributed by atoms with Crippen molar-refractivity contribution in [3.63, 3.8) is 0 Å². The van der Waals surface area contributed by atoms with Gasteiger partial charge in [-0.15, -0.1) is 0 Å². The molecule has 3 heterocycles. The molecule has 2 aromatic heterocycles. The second-order valence-corrected chi connectivity index (χ2v) is 8.74. The van der Waals surface area contributed by atoms with E-state index in [0.717, 1.165) is 56.5 Å². The van der Waals surface area contributed by atoms with Crippen LogP contribution in [0.25, 0.3) is 5.65 Å². The molecule has 2 fully saturated rings. The third kappa shape index (κ3) is 4.26.